The summed E-state index contributed by atoms with van der Waals surface area (Å²) in [6, 6.07) is -0.445. The molecule has 4 atom stereocenters. The van der Waals surface area contributed by atoms with E-state index in [-0.39, 0.29) is 12.1 Å². The number of carbonyl (C=O) groups excluding carboxylic acids is 1. The minimum Gasteiger partial charge on any atom is -0.461 e. The van der Waals surface area contributed by atoms with Crippen molar-refractivity contribution < 1.29 is 9.53 Å². The number of esters is 1. The minimum absolute atomic E-state index is 0.0984. The van der Waals surface area contributed by atoms with Gasteiger partial charge in [0.1, 0.15) is 12.1 Å². The first-order valence-corrected chi connectivity index (χ1v) is 6.00. The van der Waals surface area contributed by atoms with Gasteiger partial charge in [0, 0.05) is 0 Å². The third-order valence-electron chi connectivity index (χ3n) is 3.58. The second kappa shape index (κ2) is 5.50. The molecule has 0 amide bonds. The van der Waals surface area contributed by atoms with Crippen molar-refractivity contribution in [3.05, 3.63) is 0 Å². The van der Waals surface area contributed by atoms with Crippen LogP contribution in [-0.4, -0.2) is 18.1 Å². The maximum atomic E-state index is 11.5. The number of ether oxygens (including phenoxy) is 1. The van der Waals surface area contributed by atoms with Crippen molar-refractivity contribution in [2.45, 2.75) is 58.6 Å². The van der Waals surface area contributed by atoms with Crippen LogP contribution in [0.5, 0.6) is 0 Å². The van der Waals surface area contributed by atoms with Crippen molar-refractivity contribution in [2.24, 2.45) is 17.6 Å². The second-order valence-corrected chi connectivity index (χ2v) is 4.84. The molecular formula is C12H23NO2. The van der Waals surface area contributed by atoms with Gasteiger partial charge in [-0.25, -0.2) is 0 Å². The molecule has 2 N–H and O–H groups in total. The van der Waals surface area contributed by atoms with Gasteiger partial charge >= 0.3 is 5.97 Å². The molecule has 3 heteroatoms. The molecule has 4 unspecified atom stereocenters. The lowest BCUT2D eigenvalue weighted by Crippen LogP contribution is -2.36. The Bertz CT molecular complexity index is 218. The standard InChI is InChI=1S/C12H23NO2/c1-4-11(13)12(14)15-10-6-5-8(2)9(3)7-10/h8-11H,4-7,13H2,1-3H3. The Balaban J connectivity index is 2.36. The lowest BCUT2D eigenvalue weighted by molar-refractivity contribution is -0.153. The van der Waals surface area contributed by atoms with E-state index in [0.29, 0.717) is 12.3 Å². The second-order valence-electron chi connectivity index (χ2n) is 4.84. The van der Waals surface area contributed by atoms with Gasteiger partial charge in [0.15, 0.2) is 0 Å². The predicted molar refractivity (Wildman–Crippen MR) is 60.3 cm³/mol. The average Bonchev–Trinajstić information content (AvgIpc) is 2.22. The van der Waals surface area contributed by atoms with Crippen LogP contribution in [0.2, 0.25) is 0 Å². The van der Waals surface area contributed by atoms with Gasteiger partial charge in [0.2, 0.25) is 0 Å². The number of hydrogen-bond donors (Lipinski definition) is 1. The van der Waals surface area contributed by atoms with E-state index in [0.717, 1.165) is 25.2 Å². The van der Waals surface area contributed by atoms with Gasteiger partial charge in [-0.2, -0.15) is 0 Å². The summed E-state index contributed by atoms with van der Waals surface area (Å²) >= 11 is 0. The van der Waals surface area contributed by atoms with Crippen molar-refractivity contribution >= 4 is 5.97 Å². The van der Waals surface area contributed by atoms with E-state index in [4.69, 9.17) is 10.5 Å². The SMILES string of the molecule is CCC(N)C(=O)OC1CCC(C)C(C)C1. The highest BCUT2D eigenvalue weighted by molar-refractivity contribution is 5.75. The van der Waals surface area contributed by atoms with Crippen LogP contribution >= 0.6 is 0 Å². The van der Waals surface area contributed by atoms with E-state index in [2.05, 4.69) is 13.8 Å². The lowest BCUT2D eigenvalue weighted by Gasteiger charge is -2.32. The van der Waals surface area contributed by atoms with Gasteiger partial charge in [0.25, 0.3) is 0 Å². The summed E-state index contributed by atoms with van der Waals surface area (Å²) in [4.78, 5) is 11.5. The molecule has 88 valence electrons. The normalized spacial score (nSPS) is 33.5. The van der Waals surface area contributed by atoms with Gasteiger partial charge < -0.3 is 10.5 Å². The van der Waals surface area contributed by atoms with E-state index in [1.54, 1.807) is 0 Å². The Morgan fingerprint density at radius 3 is 2.60 bits per heavy atom. The first-order chi connectivity index (χ1) is 7.04. The molecule has 0 aliphatic heterocycles. The van der Waals surface area contributed by atoms with E-state index in [1.165, 1.54) is 0 Å². The smallest absolute Gasteiger partial charge is 0.323 e. The molecule has 0 heterocycles. The van der Waals surface area contributed by atoms with Gasteiger partial charge in [-0.15, -0.1) is 0 Å². The maximum Gasteiger partial charge on any atom is 0.323 e. The van der Waals surface area contributed by atoms with Crippen molar-refractivity contribution in [1.29, 1.82) is 0 Å². The highest BCUT2D eigenvalue weighted by Gasteiger charge is 2.27. The molecule has 3 nitrogen and oxygen atoms in total. The molecule has 0 spiro atoms. The van der Waals surface area contributed by atoms with Crippen LogP contribution in [0.4, 0.5) is 0 Å². The summed E-state index contributed by atoms with van der Waals surface area (Å²) in [5.74, 6) is 1.17. The fourth-order valence-corrected chi connectivity index (χ4v) is 2.02. The summed E-state index contributed by atoms with van der Waals surface area (Å²) in [7, 11) is 0. The topological polar surface area (TPSA) is 52.3 Å². The van der Waals surface area contributed by atoms with Crippen molar-refractivity contribution in [3.8, 4) is 0 Å². The molecule has 0 aromatic rings. The molecular weight excluding hydrogens is 190 g/mol. The Morgan fingerprint density at radius 1 is 1.40 bits per heavy atom. The maximum absolute atomic E-state index is 11.5. The Kier molecular flexibility index (Phi) is 4.58. The van der Waals surface area contributed by atoms with Crippen LogP contribution < -0.4 is 5.73 Å². The van der Waals surface area contributed by atoms with Crippen LogP contribution in [0.1, 0.15) is 46.5 Å². The number of carbonyl (C=O) groups is 1. The molecule has 1 fully saturated rings. The average molecular weight is 213 g/mol. The van der Waals surface area contributed by atoms with Gasteiger partial charge in [-0.1, -0.05) is 20.8 Å². The highest BCUT2D eigenvalue weighted by Crippen LogP contribution is 2.31. The third-order valence-corrected chi connectivity index (χ3v) is 3.58. The largest absolute Gasteiger partial charge is 0.461 e. The highest BCUT2D eigenvalue weighted by atomic mass is 16.5. The Hall–Kier alpha value is -0.570. The van der Waals surface area contributed by atoms with Crippen LogP contribution in [0.3, 0.4) is 0 Å². The van der Waals surface area contributed by atoms with E-state index in [9.17, 15) is 4.79 Å². The zero-order valence-corrected chi connectivity index (χ0v) is 10.0. The van der Waals surface area contributed by atoms with Gasteiger partial charge in [-0.3, -0.25) is 4.79 Å². The molecule has 1 aliphatic carbocycles. The van der Waals surface area contributed by atoms with E-state index in [1.807, 2.05) is 6.92 Å². The molecule has 0 saturated heterocycles. The molecule has 0 aromatic carbocycles. The van der Waals surface area contributed by atoms with Crippen LogP contribution in [0, 0.1) is 11.8 Å². The summed E-state index contributed by atoms with van der Waals surface area (Å²) in [5.41, 5.74) is 5.62. The summed E-state index contributed by atoms with van der Waals surface area (Å²) in [5, 5.41) is 0. The van der Waals surface area contributed by atoms with Crippen LogP contribution in [-0.2, 0) is 9.53 Å². The minimum atomic E-state index is -0.445. The zero-order valence-electron chi connectivity index (χ0n) is 10.0. The molecule has 1 aliphatic rings. The lowest BCUT2D eigenvalue weighted by atomic mass is 9.80. The molecule has 15 heavy (non-hydrogen) atoms. The first kappa shape index (κ1) is 12.5. The fourth-order valence-electron chi connectivity index (χ4n) is 2.02. The van der Waals surface area contributed by atoms with Gasteiger partial charge in [0.05, 0.1) is 0 Å². The van der Waals surface area contributed by atoms with Crippen molar-refractivity contribution in [3.63, 3.8) is 0 Å². The number of rotatable bonds is 3. The number of hydrogen-bond acceptors (Lipinski definition) is 3. The third kappa shape index (κ3) is 3.49. The summed E-state index contributed by atoms with van der Waals surface area (Å²) in [6.45, 7) is 6.39. The molecule has 0 bridgehead atoms. The molecule has 0 radical (unpaired) electrons. The Labute approximate surface area is 92.4 Å². The van der Waals surface area contributed by atoms with Crippen molar-refractivity contribution in [2.75, 3.05) is 0 Å². The van der Waals surface area contributed by atoms with Crippen LogP contribution in [0.15, 0.2) is 0 Å². The molecule has 1 saturated carbocycles. The molecule has 0 aromatic heterocycles. The van der Waals surface area contributed by atoms with E-state index >= 15 is 0 Å². The summed E-state index contributed by atoms with van der Waals surface area (Å²) in [6.07, 6.45) is 3.89. The van der Waals surface area contributed by atoms with Crippen LogP contribution in [0.25, 0.3) is 0 Å². The predicted octanol–water partition coefficient (Wildman–Crippen LogP) is 2.09. The van der Waals surface area contributed by atoms with Gasteiger partial charge in [-0.05, 0) is 37.5 Å². The first-order valence-electron chi connectivity index (χ1n) is 6.00. The zero-order chi connectivity index (χ0) is 11.4. The quantitative estimate of drug-likeness (QED) is 0.730. The molecule has 1 rings (SSSR count). The fraction of sp³-hybridized carbons (Fsp3) is 0.917. The van der Waals surface area contributed by atoms with E-state index < -0.39 is 6.04 Å². The monoisotopic (exact) mass is 213 g/mol. The number of nitrogens with two attached hydrogens (primary N) is 1. The Morgan fingerprint density at radius 2 is 2.07 bits per heavy atom. The van der Waals surface area contributed by atoms with Crippen molar-refractivity contribution in [1.82, 2.24) is 0 Å². The summed E-state index contributed by atoms with van der Waals surface area (Å²) < 4.78 is 5.40.